The largest absolute Gasteiger partial charge is 0.352 e. The number of halogens is 2. The van der Waals surface area contributed by atoms with Crippen molar-refractivity contribution in [2.75, 3.05) is 13.1 Å². The SMILES string of the molecule is Cc1noc(Cl)c1CCC(=O)NC1CCCNC1.Cl. The predicted molar refractivity (Wildman–Crippen MR) is 75.9 cm³/mol. The Morgan fingerprint density at radius 3 is 3.00 bits per heavy atom. The zero-order valence-electron chi connectivity index (χ0n) is 10.9. The lowest BCUT2D eigenvalue weighted by molar-refractivity contribution is -0.121. The van der Waals surface area contributed by atoms with E-state index in [0.717, 1.165) is 37.2 Å². The second-order valence-electron chi connectivity index (χ2n) is 4.63. The lowest BCUT2D eigenvalue weighted by Crippen LogP contribution is -2.45. The van der Waals surface area contributed by atoms with Gasteiger partial charge in [0.25, 0.3) is 0 Å². The van der Waals surface area contributed by atoms with Crippen LogP contribution in [-0.4, -0.2) is 30.2 Å². The minimum atomic E-state index is 0. The molecule has 1 fully saturated rings. The first-order valence-corrected chi connectivity index (χ1v) is 6.65. The van der Waals surface area contributed by atoms with Crippen LogP contribution in [0.1, 0.15) is 30.5 Å². The summed E-state index contributed by atoms with van der Waals surface area (Å²) in [6.45, 7) is 3.73. The molecular formula is C12H19Cl2N3O2. The summed E-state index contributed by atoms with van der Waals surface area (Å²) in [7, 11) is 0. The molecule has 7 heteroatoms. The van der Waals surface area contributed by atoms with Gasteiger partial charge < -0.3 is 15.2 Å². The Bertz CT molecular complexity index is 398. The molecule has 1 amide bonds. The van der Waals surface area contributed by atoms with E-state index in [9.17, 15) is 4.79 Å². The van der Waals surface area contributed by atoms with Gasteiger partial charge >= 0.3 is 0 Å². The molecule has 0 aromatic carbocycles. The van der Waals surface area contributed by atoms with Crippen LogP contribution in [0.5, 0.6) is 0 Å². The molecule has 1 aromatic rings. The third kappa shape index (κ3) is 4.67. The fourth-order valence-electron chi connectivity index (χ4n) is 2.15. The summed E-state index contributed by atoms with van der Waals surface area (Å²) in [5, 5.41) is 10.3. The highest BCUT2D eigenvalue weighted by Gasteiger charge is 2.17. The minimum Gasteiger partial charge on any atom is -0.352 e. The second kappa shape index (κ2) is 7.72. The Balaban J connectivity index is 0.00000180. The van der Waals surface area contributed by atoms with Gasteiger partial charge in [0.05, 0.1) is 5.69 Å². The fraction of sp³-hybridized carbons (Fsp3) is 0.667. The lowest BCUT2D eigenvalue weighted by Gasteiger charge is -2.23. The first-order chi connectivity index (χ1) is 8.66. The molecule has 1 saturated heterocycles. The predicted octanol–water partition coefficient (Wildman–Crippen LogP) is 1.86. The zero-order chi connectivity index (χ0) is 13.0. The molecule has 5 nitrogen and oxygen atoms in total. The van der Waals surface area contributed by atoms with Gasteiger partial charge in [-0.15, -0.1) is 12.4 Å². The van der Waals surface area contributed by atoms with E-state index in [1.54, 1.807) is 0 Å². The van der Waals surface area contributed by atoms with Gasteiger partial charge in [-0.1, -0.05) is 5.16 Å². The fourth-order valence-corrected chi connectivity index (χ4v) is 2.42. The molecule has 0 bridgehead atoms. The molecule has 2 heterocycles. The summed E-state index contributed by atoms with van der Waals surface area (Å²) in [6.07, 6.45) is 3.14. The smallest absolute Gasteiger partial charge is 0.229 e. The van der Waals surface area contributed by atoms with Gasteiger partial charge in [-0.2, -0.15) is 0 Å². The van der Waals surface area contributed by atoms with Crippen molar-refractivity contribution < 1.29 is 9.32 Å². The van der Waals surface area contributed by atoms with Crippen LogP contribution in [0.25, 0.3) is 0 Å². The number of nitrogens with one attached hydrogen (secondary N) is 2. The van der Waals surface area contributed by atoms with E-state index in [0.29, 0.717) is 18.1 Å². The van der Waals surface area contributed by atoms with Crippen molar-refractivity contribution >= 4 is 29.9 Å². The van der Waals surface area contributed by atoms with Crippen molar-refractivity contribution in [1.82, 2.24) is 15.8 Å². The average Bonchev–Trinajstić information content (AvgIpc) is 2.68. The van der Waals surface area contributed by atoms with E-state index in [1.165, 1.54) is 0 Å². The van der Waals surface area contributed by atoms with Crippen LogP contribution >= 0.6 is 24.0 Å². The molecule has 1 atom stereocenters. The highest BCUT2D eigenvalue weighted by Crippen LogP contribution is 2.20. The average molecular weight is 308 g/mol. The highest BCUT2D eigenvalue weighted by atomic mass is 35.5. The van der Waals surface area contributed by atoms with Crippen LogP contribution in [0.15, 0.2) is 4.52 Å². The summed E-state index contributed by atoms with van der Waals surface area (Å²) in [6, 6.07) is 0.255. The van der Waals surface area contributed by atoms with Gasteiger partial charge in [-0.25, -0.2) is 0 Å². The summed E-state index contributed by atoms with van der Waals surface area (Å²) >= 11 is 5.85. The number of rotatable bonds is 4. The van der Waals surface area contributed by atoms with E-state index < -0.39 is 0 Å². The molecule has 2 rings (SSSR count). The van der Waals surface area contributed by atoms with Crippen LogP contribution in [0, 0.1) is 6.92 Å². The lowest BCUT2D eigenvalue weighted by atomic mass is 10.1. The van der Waals surface area contributed by atoms with Gasteiger partial charge in [-0.3, -0.25) is 4.79 Å². The Morgan fingerprint density at radius 2 is 2.42 bits per heavy atom. The summed E-state index contributed by atoms with van der Waals surface area (Å²) in [5.41, 5.74) is 1.58. The molecule has 108 valence electrons. The molecule has 0 aliphatic carbocycles. The normalized spacial score (nSPS) is 18.7. The Kier molecular flexibility index (Phi) is 6.62. The molecule has 0 spiro atoms. The van der Waals surface area contributed by atoms with Crippen LogP contribution < -0.4 is 10.6 Å². The maximum absolute atomic E-state index is 11.8. The molecule has 0 radical (unpaired) electrons. The molecule has 1 aromatic heterocycles. The monoisotopic (exact) mass is 307 g/mol. The van der Waals surface area contributed by atoms with Gasteiger partial charge in [0.2, 0.25) is 11.1 Å². The van der Waals surface area contributed by atoms with Crippen LogP contribution in [-0.2, 0) is 11.2 Å². The first-order valence-electron chi connectivity index (χ1n) is 6.27. The van der Waals surface area contributed by atoms with Crippen LogP contribution in [0.3, 0.4) is 0 Å². The van der Waals surface area contributed by atoms with Crippen molar-refractivity contribution in [1.29, 1.82) is 0 Å². The molecular weight excluding hydrogens is 289 g/mol. The minimum absolute atomic E-state index is 0. The number of nitrogens with zero attached hydrogens (tertiary/aromatic N) is 1. The first kappa shape index (κ1) is 16.3. The number of amides is 1. The maximum Gasteiger partial charge on any atom is 0.229 e. The van der Waals surface area contributed by atoms with E-state index in [-0.39, 0.29) is 24.4 Å². The molecule has 0 saturated carbocycles. The summed E-state index contributed by atoms with van der Waals surface area (Å²) in [4.78, 5) is 11.8. The highest BCUT2D eigenvalue weighted by molar-refractivity contribution is 6.29. The van der Waals surface area contributed by atoms with Crippen molar-refractivity contribution in [2.24, 2.45) is 0 Å². The molecule has 19 heavy (non-hydrogen) atoms. The zero-order valence-corrected chi connectivity index (χ0v) is 12.4. The quantitative estimate of drug-likeness (QED) is 0.891. The summed E-state index contributed by atoms with van der Waals surface area (Å²) < 4.78 is 4.85. The molecule has 1 aliphatic rings. The van der Waals surface area contributed by atoms with E-state index in [2.05, 4.69) is 15.8 Å². The van der Waals surface area contributed by atoms with Crippen molar-refractivity contribution in [3.8, 4) is 0 Å². The van der Waals surface area contributed by atoms with Gasteiger partial charge in [0, 0.05) is 24.6 Å². The van der Waals surface area contributed by atoms with Crippen LogP contribution in [0.2, 0.25) is 5.22 Å². The van der Waals surface area contributed by atoms with Crippen molar-refractivity contribution in [3.05, 3.63) is 16.5 Å². The standard InChI is InChI=1S/C12H18ClN3O2.ClH/c1-8-10(12(13)18-16-8)4-5-11(17)15-9-3-2-6-14-7-9;/h9,14H,2-7H2,1H3,(H,15,17);1H. The number of piperidine rings is 1. The van der Waals surface area contributed by atoms with Gasteiger partial charge in [0.1, 0.15) is 0 Å². The number of aromatic nitrogens is 1. The molecule has 1 unspecified atom stereocenters. The Hall–Kier alpha value is -0.780. The number of aryl methyl sites for hydroxylation is 1. The number of carbonyl (C=O) groups excluding carboxylic acids is 1. The van der Waals surface area contributed by atoms with Crippen molar-refractivity contribution in [3.63, 3.8) is 0 Å². The molecule has 2 N–H and O–H groups in total. The Labute approximate surface area is 123 Å². The van der Waals surface area contributed by atoms with E-state index in [1.807, 2.05) is 6.92 Å². The number of hydrogen-bond acceptors (Lipinski definition) is 4. The second-order valence-corrected chi connectivity index (χ2v) is 4.97. The van der Waals surface area contributed by atoms with Gasteiger partial charge in [0.15, 0.2) is 0 Å². The third-order valence-electron chi connectivity index (χ3n) is 3.20. The van der Waals surface area contributed by atoms with E-state index >= 15 is 0 Å². The maximum atomic E-state index is 11.8. The molecule has 1 aliphatic heterocycles. The number of carbonyl (C=O) groups is 1. The van der Waals surface area contributed by atoms with Crippen molar-refractivity contribution in [2.45, 2.75) is 38.6 Å². The summed E-state index contributed by atoms with van der Waals surface area (Å²) in [5.74, 6) is 0.0559. The third-order valence-corrected chi connectivity index (χ3v) is 3.50. The van der Waals surface area contributed by atoms with E-state index in [4.69, 9.17) is 16.1 Å². The Morgan fingerprint density at radius 1 is 1.63 bits per heavy atom. The van der Waals surface area contributed by atoms with Crippen LogP contribution in [0.4, 0.5) is 0 Å². The number of hydrogen-bond donors (Lipinski definition) is 2. The van der Waals surface area contributed by atoms with Gasteiger partial charge in [-0.05, 0) is 44.3 Å². The topological polar surface area (TPSA) is 67.2 Å².